The van der Waals surface area contributed by atoms with Crippen LogP contribution < -0.4 is 20.5 Å². The molecule has 0 atom stereocenters. The molecule has 5 heteroatoms. The van der Waals surface area contributed by atoms with E-state index in [1.807, 2.05) is 62.4 Å². The van der Waals surface area contributed by atoms with Crippen LogP contribution in [0.4, 0.5) is 0 Å². The molecule has 0 aliphatic heterocycles. The summed E-state index contributed by atoms with van der Waals surface area (Å²) in [6.45, 7) is 4.44. The molecule has 0 unspecified atom stereocenters. The number of hydrogen-bond donors (Lipinski definition) is 2. The lowest BCUT2D eigenvalue weighted by Crippen LogP contribution is -2.46. The Morgan fingerprint density at radius 2 is 1.58 bits per heavy atom. The van der Waals surface area contributed by atoms with Crippen molar-refractivity contribution in [2.45, 2.75) is 26.0 Å². The van der Waals surface area contributed by atoms with E-state index < -0.39 is 5.54 Å². The van der Waals surface area contributed by atoms with Gasteiger partial charge >= 0.3 is 0 Å². The fourth-order valence-electron chi connectivity index (χ4n) is 1.94. The van der Waals surface area contributed by atoms with Gasteiger partial charge in [0.25, 0.3) is 5.91 Å². The van der Waals surface area contributed by atoms with E-state index in [0.29, 0.717) is 24.7 Å². The van der Waals surface area contributed by atoms with Crippen molar-refractivity contribution in [2.75, 3.05) is 13.2 Å². The fourth-order valence-corrected chi connectivity index (χ4v) is 1.94. The number of carbonyl (C=O) groups excluding carboxylic acids is 1. The van der Waals surface area contributed by atoms with Gasteiger partial charge in [-0.1, -0.05) is 42.5 Å². The number of benzene rings is 2. The van der Waals surface area contributed by atoms with E-state index in [1.54, 1.807) is 6.07 Å². The lowest BCUT2D eigenvalue weighted by atomic mass is 10.1. The fraction of sp³-hybridized carbons (Fsp3) is 0.316. The van der Waals surface area contributed by atoms with Crippen LogP contribution in [-0.2, 0) is 11.4 Å². The van der Waals surface area contributed by atoms with Crippen molar-refractivity contribution in [3.8, 4) is 11.5 Å². The zero-order valence-electron chi connectivity index (χ0n) is 14.1. The highest BCUT2D eigenvalue weighted by molar-refractivity contribution is 5.77. The van der Waals surface area contributed by atoms with Gasteiger partial charge < -0.3 is 20.5 Å². The Hall–Kier alpha value is -2.53. The number of amides is 1. The standard InChI is InChI=1S/C19H24N2O3/c1-19(2,20)14-21-18(22)13-24-17-11-7-6-10-16(17)23-12-15-8-4-3-5-9-15/h3-11H,12-14,20H2,1-2H3,(H,21,22). The molecule has 3 N–H and O–H groups in total. The van der Waals surface area contributed by atoms with Crippen LogP contribution in [0.2, 0.25) is 0 Å². The minimum atomic E-state index is -0.452. The normalized spacial score (nSPS) is 11.0. The first-order chi connectivity index (χ1) is 11.4. The molecular weight excluding hydrogens is 304 g/mol. The van der Waals surface area contributed by atoms with Gasteiger partial charge in [0.15, 0.2) is 18.1 Å². The first kappa shape index (κ1) is 17.8. The molecule has 0 aliphatic carbocycles. The van der Waals surface area contributed by atoms with Crippen molar-refractivity contribution < 1.29 is 14.3 Å². The van der Waals surface area contributed by atoms with Crippen LogP contribution in [0.15, 0.2) is 54.6 Å². The first-order valence-corrected chi connectivity index (χ1v) is 7.88. The van der Waals surface area contributed by atoms with Gasteiger partial charge in [0.1, 0.15) is 6.61 Å². The highest BCUT2D eigenvalue weighted by atomic mass is 16.5. The van der Waals surface area contributed by atoms with Crippen molar-refractivity contribution in [3.05, 3.63) is 60.2 Å². The Balaban J connectivity index is 1.88. The zero-order valence-corrected chi connectivity index (χ0v) is 14.1. The average molecular weight is 328 g/mol. The summed E-state index contributed by atoms with van der Waals surface area (Å²) in [5.74, 6) is 0.926. The van der Waals surface area contributed by atoms with Crippen molar-refractivity contribution in [1.29, 1.82) is 0 Å². The molecule has 0 heterocycles. The molecule has 1 amide bonds. The maximum absolute atomic E-state index is 11.8. The second-order valence-electron chi connectivity index (χ2n) is 6.27. The summed E-state index contributed by atoms with van der Waals surface area (Å²) in [7, 11) is 0. The van der Waals surface area contributed by atoms with E-state index in [4.69, 9.17) is 15.2 Å². The third kappa shape index (κ3) is 6.30. The number of nitrogens with one attached hydrogen (secondary N) is 1. The molecule has 2 rings (SSSR count). The predicted octanol–water partition coefficient (Wildman–Crippen LogP) is 2.50. The SMILES string of the molecule is CC(C)(N)CNC(=O)COc1ccccc1OCc1ccccc1. The molecule has 0 bridgehead atoms. The third-order valence-electron chi connectivity index (χ3n) is 3.19. The van der Waals surface area contributed by atoms with Crippen molar-refractivity contribution in [3.63, 3.8) is 0 Å². The zero-order chi connectivity index (χ0) is 17.4. The second-order valence-corrected chi connectivity index (χ2v) is 6.27. The van der Waals surface area contributed by atoms with E-state index in [1.165, 1.54) is 0 Å². The van der Waals surface area contributed by atoms with Gasteiger partial charge in [-0.2, -0.15) is 0 Å². The number of rotatable bonds is 8. The van der Waals surface area contributed by atoms with Gasteiger partial charge in [-0.05, 0) is 31.5 Å². The van der Waals surface area contributed by atoms with E-state index in [2.05, 4.69) is 5.32 Å². The summed E-state index contributed by atoms with van der Waals surface area (Å²) in [4.78, 5) is 11.8. The number of carbonyl (C=O) groups is 1. The predicted molar refractivity (Wildman–Crippen MR) is 94.0 cm³/mol. The molecule has 0 aliphatic rings. The monoisotopic (exact) mass is 328 g/mol. The van der Waals surface area contributed by atoms with E-state index >= 15 is 0 Å². The van der Waals surface area contributed by atoms with Gasteiger partial charge in [-0.25, -0.2) is 0 Å². The van der Waals surface area contributed by atoms with Gasteiger partial charge in [-0.15, -0.1) is 0 Å². The quantitative estimate of drug-likeness (QED) is 0.781. The van der Waals surface area contributed by atoms with Crippen LogP contribution >= 0.6 is 0 Å². The number of nitrogens with two attached hydrogens (primary N) is 1. The third-order valence-corrected chi connectivity index (χ3v) is 3.19. The summed E-state index contributed by atoms with van der Waals surface area (Å²) in [5.41, 5.74) is 6.45. The maximum Gasteiger partial charge on any atom is 0.258 e. The van der Waals surface area contributed by atoms with E-state index in [-0.39, 0.29) is 12.5 Å². The van der Waals surface area contributed by atoms with Gasteiger partial charge in [-0.3, -0.25) is 4.79 Å². The average Bonchev–Trinajstić information content (AvgIpc) is 2.57. The number of para-hydroxylation sites is 2. The van der Waals surface area contributed by atoms with Crippen LogP contribution in [0.5, 0.6) is 11.5 Å². The second kappa shape index (κ2) is 8.36. The van der Waals surface area contributed by atoms with E-state index in [9.17, 15) is 4.79 Å². The Morgan fingerprint density at radius 1 is 1.00 bits per heavy atom. The summed E-state index contributed by atoms with van der Waals surface area (Å²) in [6, 6.07) is 17.2. The molecule has 128 valence electrons. The Labute approximate surface area is 142 Å². The minimum Gasteiger partial charge on any atom is -0.485 e. The minimum absolute atomic E-state index is 0.0816. The molecule has 24 heavy (non-hydrogen) atoms. The topological polar surface area (TPSA) is 73.6 Å². The van der Waals surface area contributed by atoms with Crippen LogP contribution in [-0.4, -0.2) is 24.6 Å². The Kier molecular flexibility index (Phi) is 6.21. The molecular formula is C19H24N2O3. The van der Waals surface area contributed by atoms with Gasteiger partial charge in [0.05, 0.1) is 0 Å². The van der Waals surface area contributed by atoms with E-state index in [0.717, 1.165) is 5.56 Å². The highest BCUT2D eigenvalue weighted by Crippen LogP contribution is 2.27. The molecule has 0 aromatic heterocycles. The summed E-state index contributed by atoms with van der Waals surface area (Å²) in [6.07, 6.45) is 0. The summed E-state index contributed by atoms with van der Waals surface area (Å²) >= 11 is 0. The molecule has 2 aromatic carbocycles. The van der Waals surface area contributed by atoms with Crippen LogP contribution in [0.1, 0.15) is 19.4 Å². The van der Waals surface area contributed by atoms with Gasteiger partial charge in [0, 0.05) is 12.1 Å². The smallest absolute Gasteiger partial charge is 0.258 e. The Bertz CT molecular complexity index is 651. The molecule has 0 spiro atoms. The van der Waals surface area contributed by atoms with Crippen molar-refractivity contribution in [2.24, 2.45) is 5.73 Å². The van der Waals surface area contributed by atoms with Gasteiger partial charge in [0.2, 0.25) is 0 Å². The molecule has 5 nitrogen and oxygen atoms in total. The van der Waals surface area contributed by atoms with Crippen LogP contribution in [0.25, 0.3) is 0 Å². The lowest BCUT2D eigenvalue weighted by molar-refractivity contribution is -0.123. The number of hydrogen-bond acceptors (Lipinski definition) is 4. The highest BCUT2D eigenvalue weighted by Gasteiger charge is 2.13. The molecule has 0 saturated carbocycles. The summed E-state index contributed by atoms with van der Waals surface area (Å²) < 4.78 is 11.4. The van der Waals surface area contributed by atoms with Crippen molar-refractivity contribution >= 4 is 5.91 Å². The largest absolute Gasteiger partial charge is 0.485 e. The molecule has 0 saturated heterocycles. The molecule has 2 aromatic rings. The first-order valence-electron chi connectivity index (χ1n) is 7.88. The van der Waals surface area contributed by atoms with Crippen LogP contribution in [0.3, 0.4) is 0 Å². The van der Waals surface area contributed by atoms with Crippen molar-refractivity contribution in [1.82, 2.24) is 5.32 Å². The summed E-state index contributed by atoms with van der Waals surface area (Å²) in [5, 5.41) is 2.74. The lowest BCUT2D eigenvalue weighted by Gasteiger charge is -2.19. The Morgan fingerprint density at radius 3 is 2.21 bits per heavy atom. The maximum atomic E-state index is 11.8. The number of ether oxygens (including phenoxy) is 2. The molecule has 0 radical (unpaired) electrons. The van der Waals surface area contributed by atoms with Crippen LogP contribution in [0, 0.1) is 0 Å². The molecule has 0 fully saturated rings.